The Labute approximate surface area is 173 Å². The number of hydrogen-bond acceptors (Lipinski definition) is 5. The van der Waals surface area contributed by atoms with Crippen LogP contribution in [0.4, 0.5) is 0 Å². The van der Waals surface area contributed by atoms with Crippen molar-refractivity contribution in [2.75, 3.05) is 12.4 Å². The summed E-state index contributed by atoms with van der Waals surface area (Å²) in [7, 11) is 0. The molecule has 0 aliphatic carbocycles. The van der Waals surface area contributed by atoms with Gasteiger partial charge in [-0.25, -0.2) is 4.98 Å². The molecule has 6 nitrogen and oxygen atoms in total. The van der Waals surface area contributed by atoms with Gasteiger partial charge in [0, 0.05) is 24.6 Å². The average Bonchev–Trinajstić information content (AvgIpc) is 2.73. The van der Waals surface area contributed by atoms with E-state index in [2.05, 4.69) is 10.3 Å². The maximum Gasteiger partial charge on any atom is 0.287 e. The van der Waals surface area contributed by atoms with Crippen molar-refractivity contribution in [3.8, 4) is 11.4 Å². The molecule has 0 atom stereocenters. The Morgan fingerprint density at radius 2 is 1.86 bits per heavy atom. The second-order valence-electron chi connectivity index (χ2n) is 6.39. The van der Waals surface area contributed by atoms with Crippen LogP contribution in [0.3, 0.4) is 0 Å². The summed E-state index contributed by atoms with van der Waals surface area (Å²) in [5.41, 5.74) is 2.67. The maximum absolute atomic E-state index is 12.7. The summed E-state index contributed by atoms with van der Waals surface area (Å²) in [6.45, 7) is 4.98. The summed E-state index contributed by atoms with van der Waals surface area (Å²) in [4.78, 5) is 29.0. The third kappa shape index (κ3) is 5.71. The molecule has 1 aromatic heterocycles. The Morgan fingerprint density at radius 1 is 1.14 bits per heavy atom. The van der Waals surface area contributed by atoms with Gasteiger partial charge in [0.15, 0.2) is 5.03 Å². The Balaban J connectivity index is 1.61. The van der Waals surface area contributed by atoms with Crippen LogP contribution in [-0.4, -0.2) is 27.8 Å². The summed E-state index contributed by atoms with van der Waals surface area (Å²) in [6.07, 6.45) is 3.17. The highest BCUT2D eigenvalue weighted by Gasteiger charge is 2.10. The first-order valence-corrected chi connectivity index (χ1v) is 10.3. The van der Waals surface area contributed by atoms with Crippen molar-refractivity contribution >= 4 is 17.7 Å². The predicted molar refractivity (Wildman–Crippen MR) is 115 cm³/mol. The molecule has 150 valence electrons. The van der Waals surface area contributed by atoms with Crippen LogP contribution in [0.1, 0.15) is 18.1 Å². The maximum atomic E-state index is 12.7. The van der Waals surface area contributed by atoms with Crippen molar-refractivity contribution in [2.45, 2.75) is 25.4 Å². The van der Waals surface area contributed by atoms with Crippen molar-refractivity contribution in [3.05, 3.63) is 82.4 Å². The zero-order valence-corrected chi connectivity index (χ0v) is 17.2. The Bertz CT molecular complexity index is 1010. The minimum Gasteiger partial charge on any atom is -0.494 e. The van der Waals surface area contributed by atoms with E-state index in [0.717, 1.165) is 23.1 Å². The number of benzene rings is 2. The molecule has 1 amide bonds. The van der Waals surface area contributed by atoms with Gasteiger partial charge in [-0.15, -0.1) is 0 Å². The van der Waals surface area contributed by atoms with Crippen LogP contribution in [-0.2, 0) is 11.3 Å². The highest BCUT2D eigenvalue weighted by molar-refractivity contribution is 7.99. The molecule has 0 saturated carbocycles. The number of aryl methyl sites for hydroxylation is 1. The van der Waals surface area contributed by atoms with Gasteiger partial charge in [-0.05, 0) is 43.7 Å². The SMILES string of the molecule is CCOc1ccc(-n2ccnc(SCC(=O)NCc3ccc(C)cc3)c2=O)cc1. The lowest BCUT2D eigenvalue weighted by Crippen LogP contribution is -2.26. The fourth-order valence-corrected chi connectivity index (χ4v) is 3.38. The molecule has 7 heteroatoms. The monoisotopic (exact) mass is 409 g/mol. The molecule has 0 bridgehead atoms. The third-order valence-corrected chi connectivity index (χ3v) is 5.15. The molecule has 0 fully saturated rings. The lowest BCUT2D eigenvalue weighted by molar-refractivity contribution is -0.118. The summed E-state index contributed by atoms with van der Waals surface area (Å²) in [6, 6.07) is 15.2. The fraction of sp³-hybridized carbons (Fsp3) is 0.227. The van der Waals surface area contributed by atoms with E-state index in [1.54, 1.807) is 12.4 Å². The smallest absolute Gasteiger partial charge is 0.287 e. The van der Waals surface area contributed by atoms with Gasteiger partial charge in [-0.3, -0.25) is 14.2 Å². The van der Waals surface area contributed by atoms with Gasteiger partial charge < -0.3 is 10.1 Å². The number of hydrogen-bond donors (Lipinski definition) is 1. The number of nitrogens with zero attached hydrogens (tertiary/aromatic N) is 2. The van der Waals surface area contributed by atoms with Crippen LogP contribution in [0.5, 0.6) is 5.75 Å². The molecule has 1 heterocycles. The molecule has 0 saturated heterocycles. The van der Waals surface area contributed by atoms with E-state index in [-0.39, 0.29) is 22.2 Å². The van der Waals surface area contributed by atoms with Gasteiger partial charge in [-0.2, -0.15) is 0 Å². The number of thioether (sulfide) groups is 1. The largest absolute Gasteiger partial charge is 0.494 e. The lowest BCUT2D eigenvalue weighted by atomic mass is 10.1. The van der Waals surface area contributed by atoms with E-state index in [1.165, 1.54) is 10.1 Å². The normalized spacial score (nSPS) is 10.6. The minimum absolute atomic E-state index is 0.126. The van der Waals surface area contributed by atoms with Crippen LogP contribution in [0, 0.1) is 6.92 Å². The first-order valence-electron chi connectivity index (χ1n) is 9.32. The van der Waals surface area contributed by atoms with E-state index >= 15 is 0 Å². The van der Waals surface area contributed by atoms with Gasteiger partial charge in [0.2, 0.25) is 5.91 Å². The highest BCUT2D eigenvalue weighted by Crippen LogP contribution is 2.16. The zero-order valence-electron chi connectivity index (χ0n) is 16.4. The second kappa shape index (κ2) is 9.93. The van der Waals surface area contributed by atoms with Gasteiger partial charge in [0.05, 0.1) is 12.4 Å². The Kier molecular flexibility index (Phi) is 7.08. The van der Waals surface area contributed by atoms with E-state index in [0.29, 0.717) is 18.8 Å². The molecule has 1 N–H and O–H groups in total. The molecule has 0 spiro atoms. The number of amides is 1. The Morgan fingerprint density at radius 3 is 2.55 bits per heavy atom. The number of carbonyl (C=O) groups is 1. The van der Waals surface area contributed by atoms with Gasteiger partial charge in [-0.1, -0.05) is 41.6 Å². The van der Waals surface area contributed by atoms with Crippen LogP contribution >= 0.6 is 11.8 Å². The summed E-state index contributed by atoms with van der Waals surface area (Å²) in [5, 5.41) is 3.15. The van der Waals surface area contributed by atoms with Gasteiger partial charge in [0.1, 0.15) is 5.75 Å². The zero-order chi connectivity index (χ0) is 20.6. The third-order valence-electron chi connectivity index (χ3n) is 4.19. The van der Waals surface area contributed by atoms with Gasteiger partial charge >= 0.3 is 0 Å². The van der Waals surface area contributed by atoms with Crippen LogP contribution < -0.4 is 15.6 Å². The van der Waals surface area contributed by atoms with Crippen LogP contribution in [0.25, 0.3) is 5.69 Å². The molecule has 0 aliphatic heterocycles. The number of nitrogens with one attached hydrogen (secondary N) is 1. The molecule has 0 radical (unpaired) electrons. The second-order valence-corrected chi connectivity index (χ2v) is 7.35. The van der Waals surface area contributed by atoms with E-state index in [4.69, 9.17) is 4.74 Å². The topological polar surface area (TPSA) is 73.2 Å². The number of rotatable bonds is 8. The van der Waals surface area contributed by atoms with Crippen molar-refractivity contribution < 1.29 is 9.53 Å². The molecular formula is C22H23N3O3S. The molecule has 0 unspecified atom stereocenters. The van der Waals surface area contributed by atoms with Crippen molar-refractivity contribution in [3.63, 3.8) is 0 Å². The molecular weight excluding hydrogens is 386 g/mol. The van der Waals surface area contributed by atoms with Gasteiger partial charge in [0.25, 0.3) is 5.56 Å². The highest BCUT2D eigenvalue weighted by atomic mass is 32.2. The van der Waals surface area contributed by atoms with Crippen molar-refractivity contribution in [1.29, 1.82) is 0 Å². The first-order chi connectivity index (χ1) is 14.1. The minimum atomic E-state index is -0.256. The van der Waals surface area contributed by atoms with Crippen molar-refractivity contribution in [2.24, 2.45) is 0 Å². The number of aromatic nitrogens is 2. The van der Waals surface area contributed by atoms with E-state index in [9.17, 15) is 9.59 Å². The summed E-state index contributed by atoms with van der Waals surface area (Å²) < 4.78 is 6.94. The fourth-order valence-electron chi connectivity index (χ4n) is 2.66. The molecule has 3 aromatic rings. The van der Waals surface area contributed by atoms with Crippen LogP contribution in [0.2, 0.25) is 0 Å². The number of ether oxygens (including phenoxy) is 1. The van der Waals surface area contributed by atoms with E-state index < -0.39 is 0 Å². The quantitative estimate of drug-likeness (QED) is 0.578. The first kappa shape index (κ1) is 20.7. The van der Waals surface area contributed by atoms with Crippen LogP contribution in [0.15, 0.2) is 70.7 Å². The summed E-state index contributed by atoms with van der Waals surface area (Å²) in [5.74, 6) is 0.730. The molecule has 0 aliphatic rings. The Hall–Kier alpha value is -3.06. The molecule has 3 rings (SSSR count). The van der Waals surface area contributed by atoms with Crippen molar-refractivity contribution in [1.82, 2.24) is 14.9 Å². The number of carbonyl (C=O) groups excluding carboxylic acids is 1. The standard InChI is InChI=1S/C22H23N3O3S/c1-3-28-19-10-8-18(9-11-19)25-13-12-23-21(22(25)27)29-15-20(26)24-14-17-6-4-16(2)5-7-17/h4-13H,3,14-15H2,1-2H3,(H,24,26). The lowest BCUT2D eigenvalue weighted by Gasteiger charge is -2.09. The summed E-state index contributed by atoms with van der Waals surface area (Å²) >= 11 is 1.13. The predicted octanol–water partition coefficient (Wildman–Crippen LogP) is 3.35. The molecule has 2 aromatic carbocycles. The molecule has 29 heavy (non-hydrogen) atoms. The van der Waals surface area contributed by atoms with E-state index in [1.807, 2.05) is 62.4 Å². The average molecular weight is 410 g/mol.